The Bertz CT molecular complexity index is 1040. The Morgan fingerprint density at radius 1 is 1.21 bits per heavy atom. The lowest BCUT2D eigenvalue weighted by atomic mass is 10.0. The van der Waals surface area contributed by atoms with Gasteiger partial charge in [0.2, 0.25) is 0 Å². The van der Waals surface area contributed by atoms with Crippen LogP contribution >= 0.6 is 23.2 Å². The van der Waals surface area contributed by atoms with Gasteiger partial charge in [0.1, 0.15) is 0 Å². The number of H-pyrrole nitrogens is 1. The zero-order valence-corrected chi connectivity index (χ0v) is 16.7. The fraction of sp³-hybridized carbons (Fsp3) is 0.222. The lowest BCUT2D eigenvalue weighted by molar-refractivity contribution is 0.248. The zero-order valence-electron chi connectivity index (χ0n) is 15.2. The van der Waals surface area contributed by atoms with Crippen LogP contribution in [-0.2, 0) is 6.42 Å². The van der Waals surface area contributed by atoms with E-state index in [1.165, 1.54) is 0 Å². The van der Waals surface area contributed by atoms with Gasteiger partial charge in [0.15, 0.2) is 5.84 Å². The number of aromatic amines is 1. The van der Waals surface area contributed by atoms with Crippen molar-refractivity contribution in [1.29, 1.82) is 0 Å². The van der Waals surface area contributed by atoms with Crippen LogP contribution in [0.4, 0.5) is 10.5 Å². The van der Waals surface area contributed by atoms with Gasteiger partial charge in [0.05, 0.1) is 17.1 Å². The third-order valence-corrected chi connectivity index (χ3v) is 4.88. The summed E-state index contributed by atoms with van der Waals surface area (Å²) in [6.07, 6.45) is 0.308. The Labute approximate surface area is 171 Å². The summed E-state index contributed by atoms with van der Waals surface area (Å²) in [6, 6.07) is 4.33. The summed E-state index contributed by atoms with van der Waals surface area (Å²) < 4.78 is 0. The number of hydrazone groups is 1. The first-order chi connectivity index (χ1) is 13.2. The molecule has 146 valence electrons. The lowest BCUT2D eigenvalue weighted by Crippen LogP contribution is -2.45. The van der Waals surface area contributed by atoms with E-state index in [1.807, 2.05) is 13.8 Å². The first kappa shape index (κ1) is 19.9. The number of halogens is 2. The molecule has 0 spiro atoms. The van der Waals surface area contributed by atoms with Crippen LogP contribution in [0.25, 0.3) is 0 Å². The fourth-order valence-corrected chi connectivity index (χ4v) is 3.29. The number of urea groups is 1. The van der Waals surface area contributed by atoms with Gasteiger partial charge in [0, 0.05) is 22.0 Å². The summed E-state index contributed by atoms with van der Waals surface area (Å²) in [6.45, 7) is 7.45. The number of nitrogens with one attached hydrogen (secondary N) is 2. The first-order valence-electron chi connectivity index (χ1n) is 8.38. The average molecular weight is 421 g/mol. The molecule has 0 bridgehead atoms. The van der Waals surface area contributed by atoms with E-state index in [2.05, 4.69) is 27.2 Å². The van der Waals surface area contributed by atoms with Crippen molar-refractivity contribution in [1.82, 2.24) is 15.5 Å². The monoisotopic (exact) mass is 420 g/mol. The van der Waals surface area contributed by atoms with Crippen LogP contribution in [-0.4, -0.2) is 22.1 Å². The molecule has 0 radical (unpaired) electrons. The predicted molar refractivity (Wildman–Crippen MR) is 110 cm³/mol. The summed E-state index contributed by atoms with van der Waals surface area (Å²) in [5.74, 6) is 0.129. The smallest absolute Gasteiger partial charge is 0.347 e. The van der Waals surface area contributed by atoms with E-state index >= 15 is 0 Å². The summed E-state index contributed by atoms with van der Waals surface area (Å²) >= 11 is 12.8. The zero-order chi connectivity index (χ0) is 20.6. The minimum absolute atomic E-state index is 0.0505. The maximum atomic E-state index is 12.1. The SMILES string of the molecule is C=C1NC(=O)N(c2cc(Cl)c(Cc3cc(C(C)C)c(=O)[nH]n3)c(Cl)c2)N=C1N. The van der Waals surface area contributed by atoms with Gasteiger partial charge in [-0.1, -0.05) is 43.6 Å². The Morgan fingerprint density at radius 2 is 1.86 bits per heavy atom. The Morgan fingerprint density at radius 3 is 2.46 bits per heavy atom. The number of rotatable bonds is 4. The first-order valence-corrected chi connectivity index (χ1v) is 9.13. The van der Waals surface area contributed by atoms with Crippen molar-refractivity contribution in [2.45, 2.75) is 26.2 Å². The van der Waals surface area contributed by atoms with Gasteiger partial charge in [-0.2, -0.15) is 10.1 Å². The van der Waals surface area contributed by atoms with Gasteiger partial charge in [0.25, 0.3) is 5.56 Å². The largest absolute Gasteiger partial charge is 0.381 e. The van der Waals surface area contributed by atoms with E-state index in [-0.39, 0.29) is 23.0 Å². The number of anilines is 1. The van der Waals surface area contributed by atoms with Gasteiger partial charge in [-0.05, 0) is 29.7 Å². The van der Waals surface area contributed by atoms with Gasteiger partial charge in [-0.15, -0.1) is 5.10 Å². The van der Waals surface area contributed by atoms with Crippen molar-refractivity contribution in [2.24, 2.45) is 10.8 Å². The molecular formula is C18H18Cl2N6O2. The number of hydrogen-bond acceptors (Lipinski definition) is 5. The van der Waals surface area contributed by atoms with Crippen LogP contribution in [0.3, 0.4) is 0 Å². The lowest BCUT2D eigenvalue weighted by Gasteiger charge is -2.24. The van der Waals surface area contributed by atoms with Crippen LogP contribution in [0, 0.1) is 0 Å². The summed E-state index contributed by atoms with van der Waals surface area (Å²) in [5.41, 5.74) is 7.93. The standard InChI is InChI=1S/C18H18Cl2N6O2/c1-8(2)12-4-10(23-24-17(12)27)5-13-14(19)6-11(7-15(13)20)26-18(28)22-9(3)16(21)25-26/h4,6-8H,3,5H2,1-2H3,(H2,21,25)(H,22,28)(H,24,27). The molecule has 2 heterocycles. The molecule has 2 aromatic rings. The number of nitrogens with zero attached hydrogens (tertiary/aromatic N) is 3. The van der Waals surface area contributed by atoms with Crippen LogP contribution in [0.15, 0.2) is 40.4 Å². The van der Waals surface area contributed by atoms with E-state index < -0.39 is 6.03 Å². The van der Waals surface area contributed by atoms with Crippen molar-refractivity contribution in [3.8, 4) is 0 Å². The van der Waals surface area contributed by atoms with Crippen LogP contribution < -0.4 is 21.6 Å². The molecule has 3 rings (SSSR count). The minimum atomic E-state index is -0.525. The molecule has 2 amide bonds. The molecule has 1 aliphatic heterocycles. The maximum absolute atomic E-state index is 12.1. The molecule has 4 N–H and O–H groups in total. The molecule has 8 nitrogen and oxygen atoms in total. The number of nitrogens with two attached hydrogens (primary N) is 1. The molecule has 0 saturated carbocycles. The second-order valence-corrected chi connectivity index (χ2v) is 7.38. The highest BCUT2D eigenvalue weighted by Crippen LogP contribution is 2.33. The molecule has 0 saturated heterocycles. The van der Waals surface area contributed by atoms with Crippen LogP contribution in [0.1, 0.15) is 36.6 Å². The molecule has 28 heavy (non-hydrogen) atoms. The third kappa shape index (κ3) is 3.88. The quantitative estimate of drug-likeness (QED) is 0.703. The molecule has 1 aliphatic rings. The normalized spacial score (nSPS) is 14.3. The Kier molecular flexibility index (Phi) is 5.44. The van der Waals surface area contributed by atoms with E-state index in [0.717, 1.165) is 5.01 Å². The fourth-order valence-electron chi connectivity index (χ4n) is 2.68. The second-order valence-electron chi connectivity index (χ2n) is 6.57. The highest BCUT2D eigenvalue weighted by Gasteiger charge is 2.24. The van der Waals surface area contributed by atoms with Gasteiger partial charge in [-0.3, -0.25) is 4.79 Å². The number of carbonyl (C=O) groups is 1. The molecule has 0 fully saturated rings. The molecular weight excluding hydrogens is 403 g/mol. The topological polar surface area (TPSA) is 116 Å². The third-order valence-electron chi connectivity index (χ3n) is 4.20. The van der Waals surface area contributed by atoms with Crippen molar-refractivity contribution < 1.29 is 4.79 Å². The molecule has 0 aliphatic carbocycles. The molecule has 0 atom stereocenters. The Hall–Kier alpha value is -2.84. The van der Waals surface area contributed by atoms with E-state index in [9.17, 15) is 9.59 Å². The van der Waals surface area contributed by atoms with Gasteiger partial charge >= 0.3 is 6.03 Å². The molecule has 1 aromatic heterocycles. The summed E-state index contributed by atoms with van der Waals surface area (Å²) in [4.78, 5) is 24.0. The minimum Gasteiger partial charge on any atom is -0.381 e. The van der Waals surface area contributed by atoms with Crippen molar-refractivity contribution in [2.75, 3.05) is 5.01 Å². The highest BCUT2D eigenvalue weighted by molar-refractivity contribution is 6.36. The number of aromatic nitrogens is 2. The predicted octanol–water partition coefficient (Wildman–Crippen LogP) is 3.11. The van der Waals surface area contributed by atoms with Gasteiger partial charge in [-0.25, -0.2) is 9.89 Å². The Balaban J connectivity index is 1.95. The van der Waals surface area contributed by atoms with Crippen molar-refractivity contribution >= 4 is 40.8 Å². The summed E-state index contributed by atoms with van der Waals surface area (Å²) in [5, 5.41) is 14.8. The summed E-state index contributed by atoms with van der Waals surface area (Å²) in [7, 11) is 0. The maximum Gasteiger partial charge on any atom is 0.347 e. The number of amidine groups is 1. The van der Waals surface area contributed by atoms with E-state index in [4.69, 9.17) is 28.9 Å². The van der Waals surface area contributed by atoms with Gasteiger partial charge < -0.3 is 11.1 Å². The number of hydrogen-bond donors (Lipinski definition) is 3. The van der Waals surface area contributed by atoms with E-state index in [0.29, 0.717) is 39.0 Å². The van der Waals surface area contributed by atoms with Crippen molar-refractivity contribution in [3.05, 3.63) is 67.7 Å². The van der Waals surface area contributed by atoms with Crippen LogP contribution in [0.5, 0.6) is 0 Å². The molecule has 0 unspecified atom stereocenters. The average Bonchev–Trinajstić information content (AvgIpc) is 2.62. The number of amides is 2. The molecule has 1 aromatic carbocycles. The van der Waals surface area contributed by atoms with Crippen LogP contribution in [0.2, 0.25) is 10.0 Å². The number of benzene rings is 1. The second kappa shape index (κ2) is 7.65. The van der Waals surface area contributed by atoms with Crippen molar-refractivity contribution in [3.63, 3.8) is 0 Å². The highest BCUT2D eigenvalue weighted by atomic mass is 35.5. The van der Waals surface area contributed by atoms with E-state index in [1.54, 1.807) is 18.2 Å². The number of carbonyl (C=O) groups excluding carboxylic acids is 1. The molecule has 10 heteroatoms.